The van der Waals surface area contributed by atoms with Crippen LogP contribution >= 0.6 is 24.8 Å². The maximum Gasteiger partial charge on any atom is 0.267 e. The van der Waals surface area contributed by atoms with E-state index in [1.165, 1.54) is 65.5 Å². The number of pyridine rings is 2. The van der Waals surface area contributed by atoms with Crippen LogP contribution < -0.4 is 20.9 Å². The van der Waals surface area contributed by atoms with Crippen LogP contribution in [-0.2, 0) is 0 Å². The van der Waals surface area contributed by atoms with Crippen LogP contribution in [0.2, 0.25) is 0 Å². The van der Waals surface area contributed by atoms with E-state index in [4.69, 9.17) is 4.74 Å². The zero-order valence-electron chi connectivity index (χ0n) is 25.3. The number of nitrogens with zero attached hydrogens (tertiary/aromatic N) is 3. The SMILES string of the molecule is CN(C)CCNC(=O)c1ccc(-c2cnccc2Oc2ccc(NC(=O)c3cccn(-c4ccc(F)cc4)c3=O)cc2F)cc1.Cl.Cl. The van der Waals surface area contributed by atoms with Crippen molar-refractivity contribution >= 4 is 42.3 Å². The predicted molar refractivity (Wildman–Crippen MR) is 181 cm³/mol. The fourth-order valence-electron chi connectivity index (χ4n) is 4.43. The number of likely N-dealkylation sites (N-methyl/N-ethyl adjacent to an activating group) is 1. The van der Waals surface area contributed by atoms with Crippen LogP contribution in [0, 0.1) is 11.6 Å². The number of nitrogens with one attached hydrogen (secondary N) is 2. The molecule has 2 heterocycles. The molecule has 3 aromatic carbocycles. The molecule has 0 bridgehead atoms. The van der Waals surface area contributed by atoms with Gasteiger partial charge in [-0.15, -0.1) is 24.8 Å². The van der Waals surface area contributed by atoms with Crippen LogP contribution in [0.4, 0.5) is 14.5 Å². The summed E-state index contributed by atoms with van der Waals surface area (Å²) in [7, 11) is 3.85. The van der Waals surface area contributed by atoms with Gasteiger partial charge in [0.2, 0.25) is 0 Å². The number of hydrogen-bond acceptors (Lipinski definition) is 6. The van der Waals surface area contributed by atoms with Gasteiger partial charge >= 0.3 is 0 Å². The van der Waals surface area contributed by atoms with Crippen LogP contribution in [0.25, 0.3) is 16.8 Å². The summed E-state index contributed by atoms with van der Waals surface area (Å²) in [5, 5.41) is 5.40. The van der Waals surface area contributed by atoms with Crippen LogP contribution in [0.5, 0.6) is 11.5 Å². The van der Waals surface area contributed by atoms with E-state index in [0.29, 0.717) is 34.7 Å². The van der Waals surface area contributed by atoms with E-state index in [0.717, 1.165) is 12.6 Å². The summed E-state index contributed by atoms with van der Waals surface area (Å²) >= 11 is 0. The zero-order chi connectivity index (χ0) is 31.9. The first-order chi connectivity index (χ1) is 21.7. The lowest BCUT2D eigenvalue weighted by Crippen LogP contribution is -2.31. The Labute approximate surface area is 282 Å². The van der Waals surface area contributed by atoms with Crippen LogP contribution in [0.3, 0.4) is 0 Å². The Morgan fingerprint density at radius 1 is 0.894 bits per heavy atom. The number of benzene rings is 3. The highest BCUT2D eigenvalue weighted by Crippen LogP contribution is 2.34. The standard InChI is InChI=1S/C34H29F2N5O4.2ClH/c1-40(2)19-17-38-32(42)23-7-5-22(6-8-23)28-21-37-16-15-30(28)45-31-14-11-25(20-29(31)36)39-33(43)27-4-3-18-41(34(27)44)26-12-9-24(35)10-13-26;;/h3-16,18,20-21H,17,19H2,1-2H3,(H,38,42)(H,39,43);2*1H. The molecule has 0 aliphatic carbocycles. The average molecular weight is 683 g/mol. The Hall–Kier alpha value is -5.10. The van der Waals surface area contributed by atoms with E-state index in [9.17, 15) is 18.8 Å². The second-order valence-electron chi connectivity index (χ2n) is 10.3. The molecule has 9 nitrogen and oxygen atoms in total. The lowest BCUT2D eigenvalue weighted by atomic mass is 10.0. The molecule has 0 unspecified atom stereocenters. The lowest BCUT2D eigenvalue weighted by molar-refractivity contribution is 0.0950. The highest BCUT2D eigenvalue weighted by Gasteiger charge is 2.16. The van der Waals surface area contributed by atoms with Gasteiger partial charge in [0.15, 0.2) is 11.6 Å². The van der Waals surface area contributed by atoms with Crippen molar-refractivity contribution in [3.8, 4) is 28.3 Å². The molecule has 0 fully saturated rings. The number of ether oxygens (including phenoxy) is 1. The van der Waals surface area contributed by atoms with Crippen molar-refractivity contribution in [1.29, 1.82) is 0 Å². The van der Waals surface area contributed by atoms with Crippen molar-refractivity contribution in [3.05, 3.63) is 137 Å². The highest BCUT2D eigenvalue weighted by atomic mass is 35.5. The molecular formula is C34H31Cl2F2N5O4. The molecule has 0 aliphatic rings. The van der Waals surface area contributed by atoms with Crippen molar-refractivity contribution in [1.82, 2.24) is 19.8 Å². The van der Waals surface area contributed by atoms with E-state index in [2.05, 4.69) is 15.6 Å². The first-order valence-corrected chi connectivity index (χ1v) is 13.9. The van der Waals surface area contributed by atoms with Crippen LogP contribution in [0.15, 0.2) is 108 Å². The average Bonchev–Trinajstić information content (AvgIpc) is 3.03. The molecule has 0 atom stereocenters. The molecule has 5 rings (SSSR count). The summed E-state index contributed by atoms with van der Waals surface area (Å²) < 4.78 is 35.6. The van der Waals surface area contributed by atoms with Gasteiger partial charge in [-0.2, -0.15) is 0 Å². The van der Waals surface area contributed by atoms with Crippen LogP contribution in [0.1, 0.15) is 20.7 Å². The monoisotopic (exact) mass is 681 g/mol. The zero-order valence-corrected chi connectivity index (χ0v) is 26.9. The van der Waals surface area contributed by atoms with Gasteiger partial charge < -0.3 is 20.3 Å². The highest BCUT2D eigenvalue weighted by molar-refractivity contribution is 6.04. The third kappa shape index (κ3) is 9.01. The Bertz CT molecular complexity index is 1900. The number of halogens is 4. The molecule has 0 saturated heterocycles. The molecule has 2 aromatic heterocycles. The Balaban J connectivity index is 0.00000300. The molecule has 2 N–H and O–H groups in total. The molecule has 244 valence electrons. The number of anilines is 1. The molecule has 5 aromatic rings. The molecule has 0 spiro atoms. The summed E-state index contributed by atoms with van der Waals surface area (Å²) in [5.74, 6) is -1.91. The lowest BCUT2D eigenvalue weighted by Gasteiger charge is -2.13. The number of rotatable bonds is 10. The maximum atomic E-state index is 15.2. The number of carbonyl (C=O) groups excluding carboxylic acids is 2. The molecule has 0 aliphatic heterocycles. The van der Waals surface area contributed by atoms with Crippen molar-refractivity contribution < 1.29 is 23.1 Å². The van der Waals surface area contributed by atoms with Gasteiger partial charge in [-0.25, -0.2) is 8.78 Å². The van der Waals surface area contributed by atoms with Crippen molar-refractivity contribution in [2.24, 2.45) is 0 Å². The van der Waals surface area contributed by atoms with Gasteiger partial charge in [-0.05, 0) is 86.4 Å². The Morgan fingerprint density at radius 2 is 1.62 bits per heavy atom. The van der Waals surface area contributed by atoms with Gasteiger partial charge in [0.1, 0.15) is 17.1 Å². The minimum atomic E-state index is -0.753. The van der Waals surface area contributed by atoms with Gasteiger partial charge in [-0.3, -0.25) is 23.9 Å². The summed E-state index contributed by atoms with van der Waals surface area (Å²) in [4.78, 5) is 44.5. The molecule has 0 saturated carbocycles. The molecule has 0 radical (unpaired) electrons. The van der Waals surface area contributed by atoms with Gasteiger partial charge in [0.25, 0.3) is 17.4 Å². The van der Waals surface area contributed by atoms with E-state index in [1.807, 2.05) is 19.0 Å². The summed E-state index contributed by atoms with van der Waals surface area (Å²) in [6.45, 7) is 1.24. The van der Waals surface area contributed by atoms with Crippen LogP contribution in [-0.4, -0.2) is 53.5 Å². The topological polar surface area (TPSA) is 106 Å². The van der Waals surface area contributed by atoms with E-state index in [-0.39, 0.29) is 47.7 Å². The predicted octanol–water partition coefficient (Wildman–Crippen LogP) is 6.36. The molecule has 2 amide bonds. The quantitative estimate of drug-likeness (QED) is 0.178. The molecule has 47 heavy (non-hydrogen) atoms. The molecular weight excluding hydrogens is 651 g/mol. The molecule has 13 heteroatoms. The summed E-state index contributed by atoms with van der Waals surface area (Å²) in [6.07, 6.45) is 4.55. The normalized spacial score (nSPS) is 10.4. The van der Waals surface area contributed by atoms with E-state index in [1.54, 1.807) is 36.5 Å². The minimum Gasteiger partial charge on any atom is -0.454 e. The number of aromatic nitrogens is 2. The number of hydrogen-bond donors (Lipinski definition) is 2. The summed E-state index contributed by atoms with van der Waals surface area (Å²) in [6, 6.07) is 20.5. The van der Waals surface area contributed by atoms with Gasteiger partial charge in [-0.1, -0.05) is 12.1 Å². The third-order valence-corrected chi connectivity index (χ3v) is 6.79. The first kappa shape index (κ1) is 36.4. The fraction of sp³-hybridized carbons (Fsp3) is 0.118. The van der Waals surface area contributed by atoms with Gasteiger partial charge in [0, 0.05) is 60.2 Å². The first-order valence-electron chi connectivity index (χ1n) is 13.9. The number of carbonyl (C=O) groups is 2. The van der Waals surface area contributed by atoms with Crippen molar-refractivity contribution in [3.63, 3.8) is 0 Å². The third-order valence-electron chi connectivity index (χ3n) is 6.79. The van der Waals surface area contributed by atoms with Crippen molar-refractivity contribution in [2.45, 2.75) is 0 Å². The minimum absolute atomic E-state index is 0. The summed E-state index contributed by atoms with van der Waals surface area (Å²) in [5.41, 5.74) is 1.48. The van der Waals surface area contributed by atoms with E-state index < -0.39 is 23.1 Å². The fourth-order valence-corrected chi connectivity index (χ4v) is 4.43. The second-order valence-corrected chi connectivity index (χ2v) is 10.3. The largest absolute Gasteiger partial charge is 0.454 e. The second kappa shape index (κ2) is 16.5. The van der Waals surface area contributed by atoms with Gasteiger partial charge in [0.05, 0.1) is 0 Å². The Kier molecular flexibility index (Phi) is 12.7. The van der Waals surface area contributed by atoms with Crippen molar-refractivity contribution in [2.75, 3.05) is 32.5 Å². The Morgan fingerprint density at radius 3 is 2.30 bits per heavy atom. The number of amides is 2. The maximum absolute atomic E-state index is 15.2. The smallest absolute Gasteiger partial charge is 0.267 e. The van der Waals surface area contributed by atoms with E-state index >= 15 is 4.39 Å².